The maximum absolute atomic E-state index is 13.9. The Morgan fingerprint density at radius 3 is 2.78 bits per heavy atom. The van der Waals surface area contributed by atoms with Gasteiger partial charge in [0.05, 0.1) is 19.3 Å². The molecule has 0 N–H and O–H groups in total. The molecule has 0 bridgehead atoms. The first-order valence-corrected chi connectivity index (χ1v) is 10.5. The molecule has 2 aliphatic rings. The van der Waals surface area contributed by atoms with Crippen molar-refractivity contribution in [2.24, 2.45) is 0 Å². The second kappa shape index (κ2) is 8.89. The highest BCUT2D eigenvalue weighted by Crippen LogP contribution is 2.34. The van der Waals surface area contributed by atoms with Gasteiger partial charge in [-0.25, -0.2) is 0 Å². The highest BCUT2D eigenvalue weighted by Gasteiger charge is 2.47. The molecule has 2 aromatic rings. The van der Waals surface area contributed by atoms with E-state index in [2.05, 4.69) is 9.97 Å². The Labute approximate surface area is 182 Å². The van der Waals surface area contributed by atoms with Crippen molar-refractivity contribution < 1.29 is 22.7 Å². The molecular formula is C21H24F3N5O3. The topological polar surface area (TPSA) is 80.6 Å². The molecule has 4 heterocycles. The monoisotopic (exact) mass is 451 g/mol. The summed E-state index contributed by atoms with van der Waals surface area (Å²) in [5, 5.41) is 0. The summed E-state index contributed by atoms with van der Waals surface area (Å²) in [5.74, 6) is -0.434. The van der Waals surface area contributed by atoms with Gasteiger partial charge in [-0.15, -0.1) is 0 Å². The minimum Gasteiger partial charge on any atom is -0.375 e. The minimum absolute atomic E-state index is 0.0471. The number of carbonyl (C=O) groups is 1. The van der Waals surface area contributed by atoms with Gasteiger partial charge in [-0.05, 0) is 25.0 Å². The van der Waals surface area contributed by atoms with Crippen LogP contribution in [0.25, 0.3) is 0 Å². The van der Waals surface area contributed by atoms with Crippen molar-refractivity contribution in [3.05, 3.63) is 46.5 Å². The fourth-order valence-electron chi connectivity index (χ4n) is 4.08. The standard InChI is InChI=1S/C21H24F3N5O3/c1-2-14-12-27(9-10-32-14)18-11-19(31)28-8-6-17(21(22,23)24)29(20(28)26-18)13-16(30)15-5-3-4-7-25-15/h3-5,7,11,14,17H,2,6,8-10,12-13H2,1H3. The molecule has 0 radical (unpaired) electrons. The Morgan fingerprint density at radius 2 is 2.09 bits per heavy atom. The van der Waals surface area contributed by atoms with Crippen LogP contribution in [0.15, 0.2) is 35.3 Å². The zero-order valence-corrected chi connectivity index (χ0v) is 17.6. The van der Waals surface area contributed by atoms with Crippen molar-refractivity contribution in [2.75, 3.05) is 36.0 Å². The van der Waals surface area contributed by atoms with Crippen molar-refractivity contribution in [1.82, 2.24) is 14.5 Å². The van der Waals surface area contributed by atoms with E-state index in [-0.39, 0.29) is 30.7 Å². The zero-order chi connectivity index (χ0) is 22.9. The average Bonchev–Trinajstić information content (AvgIpc) is 2.79. The number of morpholine rings is 1. The van der Waals surface area contributed by atoms with E-state index >= 15 is 0 Å². The summed E-state index contributed by atoms with van der Waals surface area (Å²) in [6.45, 7) is 2.66. The number of hydrogen-bond donors (Lipinski definition) is 0. The Balaban J connectivity index is 1.73. The number of ketones is 1. The van der Waals surface area contributed by atoms with E-state index in [1.807, 2.05) is 11.8 Å². The summed E-state index contributed by atoms with van der Waals surface area (Å²) in [7, 11) is 0. The van der Waals surface area contributed by atoms with E-state index in [9.17, 15) is 22.8 Å². The summed E-state index contributed by atoms with van der Waals surface area (Å²) in [4.78, 5) is 36.7. The Hall–Kier alpha value is -2.95. The normalized spacial score (nSPS) is 21.4. The molecule has 11 heteroatoms. The van der Waals surface area contributed by atoms with Crippen LogP contribution < -0.4 is 15.4 Å². The number of halogens is 3. The highest BCUT2D eigenvalue weighted by atomic mass is 19.4. The van der Waals surface area contributed by atoms with Gasteiger partial charge in [0.1, 0.15) is 17.6 Å². The van der Waals surface area contributed by atoms with Gasteiger partial charge in [0.15, 0.2) is 5.78 Å². The maximum Gasteiger partial charge on any atom is 0.408 e. The molecule has 2 unspecified atom stereocenters. The van der Waals surface area contributed by atoms with Gasteiger partial charge in [0.2, 0.25) is 5.95 Å². The molecule has 1 saturated heterocycles. The molecule has 32 heavy (non-hydrogen) atoms. The lowest BCUT2D eigenvalue weighted by Gasteiger charge is -2.39. The lowest BCUT2D eigenvalue weighted by molar-refractivity contribution is -0.152. The Kier molecular flexibility index (Phi) is 6.18. The number of fused-ring (bicyclic) bond motifs is 1. The van der Waals surface area contributed by atoms with E-state index in [0.717, 1.165) is 11.3 Å². The van der Waals surface area contributed by atoms with E-state index in [1.165, 1.54) is 22.9 Å². The fraction of sp³-hybridized carbons (Fsp3) is 0.524. The van der Waals surface area contributed by atoms with Crippen molar-refractivity contribution >= 4 is 17.5 Å². The predicted octanol–water partition coefficient (Wildman–Crippen LogP) is 2.28. The number of Topliss-reactive ketones (excluding diaryl/α,β-unsaturated/α-hetero) is 1. The lowest BCUT2D eigenvalue weighted by Crippen LogP contribution is -2.54. The van der Waals surface area contributed by atoms with Crippen molar-refractivity contribution in [3.63, 3.8) is 0 Å². The SMILES string of the molecule is CCC1CN(c2cc(=O)n3c(n2)N(CC(=O)c2ccccn2)C(C(F)(F)F)CC3)CCO1. The number of hydrogen-bond acceptors (Lipinski definition) is 7. The molecule has 0 saturated carbocycles. The van der Waals surface area contributed by atoms with Crippen LogP contribution in [-0.4, -0.2) is 64.9 Å². The molecule has 2 aromatic heterocycles. The second-order valence-corrected chi connectivity index (χ2v) is 7.86. The fourth-order valence-corrected chi connectivity index (χ4v) is 4.08. The number of ether oxygens (including phenoxy) is 1. The number of rotatable bonds is 5. The number of pyridine rings is 1. The third-order valence-corrected chi connectivity index (χ3v) is 5.79. The molecule has 172 valence electrons. The third kappa shape index (κ3) is 4.47. The highest BCUT2D eigenvalue weighted by molar-refractivity contribution is 5.97. The van der Waals surface area contributed by atoms with Crippen LogP contribution in [0.3, 0.4) is 0 Å². The van der Waals surface area contributed by atoms with Crippen molar-refractivity contribution in [1.29, 1.82) is 0 Å². The average molecular weight is 451 g/mol. The first-order valence-electron chi connectivity index (χ1n) is 10.5. The molecule has 0 aliphatic carbocycles. The van der Waals surface area contributed by atoms with Gasteiger partial charge in [0, 0.05) is 31.9 Å². The first-order chi connectivity index (χ1) is 15.3. The van der Waals surface area contributed by atoms with Crippen LogP contribution in [-0.2, 0) is 11.3 Å². The van der Waals surface area contributed by atoms with Crippen LogP contribution in [0.1, 0.15) is 30.3 Å². The van der Waals surface area contributed by atoms with Gasteiger partial charge >= 0.3 is 6.18 Å². The summed E-state index contributed by atoms with van der Waals surface area (Å²) in [6.07, 6.45) is -2.81. The summed E-state index contributed by atoms with van der Waals surface area (Å²) in [5.41, 5.74) is -0.386. The maximum atomic E-state index is 13.9. The van der Waals surface area contributed by atoms with Crippen LogP contribution in [0.4, 0.5) is 24.9 Å². The van der Waals surface area contributed by atoms with Gasteiger partial charge in [0.25, 0.3) is 5.56 Å². The molecule has 2 atom stereocenters. The molecule has 8 nitrogen and oxygen atoms in total. The molecule has 0 amide bonds. The third-order valence-electron chi connectivity index (χ3n) is 5.79. The summed E-state index contributed by atoms with van der Waals surface area (Å²) >= 11 is 0. The number of carbonyl (C=O) groups excluding carboxylic acids is 1. The van der Waals surface area contributed by atoms with Gasteiger partial charge in [-0.2, -0.15) is 18.2 Å². The largest absolute Gasteiger partial charge is 0.408 e. The van der Waals surface area contributed by atoms with Gasteiger partial charge in [-0.1, -0.05) is 13.0 Å². The molecule has 2 aliphatic heterocycles. The number of aromatic nitrogens is 3. The Morgan fingerprint density at radius 1 is 1.28 bits per heavy atom. The van der Waals surface area contributed by atoms with Crippen LogP contribution in [0.5, 0.6) is 0 Å². The second-order valence-electron chi connectivity index (χ2n) is 7.86. The Bertz CT molecular complexity index is 1030. The first kappa shape index (κ1) is 22.3. The lowest BCUT2D eigenvalue weighted by atomic mass is 10.1. The van der Waals surface area contributed by atoms with Crippen LogP contribution in [0, 0.1) is 0 Å². The van der Waals surface area contributed by atoms with Crippen LogP contribution in [0.2, 0.25) is 0 Å². The molecule has 0 aromatic carbocycles. The van der Waals surface area contributed by atoms with Gasteiger partial charge in [-0.3, -0.25) is 19.1 Å². The van der Waals surface area contributed by atoms with E-state index in [1.54, 1.807) is 12.1 Å². The number of nitrogens with zero attached hydrogens (tertiary/aromatic N) is 5. The van der Waals surface area contributed by atoms with Crippen molar-refractivity contribution in [3.8, 4) is 0 Å². The van der Waals surface area contributed by atoms with E-state index in [4.69, 9.17) is 4.74 Å². The van der Waals surface area contributed by atoms with Gasteiger partial charge < -0.3 is 14.5 Å². The predicted molar refractivity (Wildman–Crippen MR) is 111 cm³/mol. The molecular weight excluding hydrogens is 427 g/mol. The number of alkyl halides is 3. The molecule has 4 rings (SSSR count). The van der Waals surface area contributed by atoms with E-state index < -0.39 is 30.1 Å². The van der Waals surface area contributed by atoms with E-state index in [0.29, 0.717) is 25.5 Å². The minimum atomic E-state index is -4.59. The van der Waals surface area contributed by atoms with Crippen molar-refractivity contribution in [2.45, 2.75) is 44.6 Å². The molecule has 0 spiro atoms. The summed E-state index contributed by atoms with van der Waals surface area (Å²) in [6, 6.07) is 4.07. The smallest absolute Gasteiger partial charge is 0.375 e. The molecule has 1 fully saturated rings. The summed E-state index contributed by atoms with van der Waals surface area (Å²) < 4.78 is 48.5. The zero-order valence-electron chi connectivity index (χ0n) is 17.6. The quantitative estimate of drug-likeness (QED) is 0.646. The number of anilines is 2. The van der Waals surface area contributed by atoms with Crippen LogP contribution >= 0.6 is 0 Å².